The summed E-state index contributed by atoms with van der Waals surface area (Å²) in [6, 6.07) is 13.7. The first kappa shape index (κ1) is 19.9. The number of ether oxygens (including phenoxy) is 3. The number of carbonyl (C=O) groups is 3. The van der Waals surface area contributed by atoms with Crippen LogP contribution in [0.1, 0.15) is 12.5 Å². The number of methoxy groups -OCH3 is 1. The topological polar surface area (TPSA) is 94.2 Å². The molecule has 1 aliphatic rings. The van der Waals surface area contributed by atoms with Crippen molar-refractivity contribution < 1.29 is 28.6 Å². The highest BCUT2D eigenvalue weighted by molar-refractivity contribution is 6.31. The molecule has 29 heavy (non-hydrogen) atoms. The molecule has 0 aromatic heterocycles. The molecule has 0 spiro atoms. The monoisotopic (exact) mass is 396 g/mol. The lowest BCUT2D eigenvalue weighted by Gasteiger charge is -2.14. The van der Waals surface area contributed by atoms with Crippen LogP contribution in [0.15, 0.2) is 54.1 Å². The largest absolute Gasteiger partial charge is 0.493 e. The molecule has 1 saturated heterocycles. The zero-order valence-electron chi connectivity index (χ0n) is 16.0. The highest BCUT2D eigenvalue weighted by Gasteiger charge is 2.34. The molecule has 0 unspecified atom stereocenters. The van der Waals surface area contributed by atoms with Crippen LogP contribution in [0.5, 0.6) is 11.5 Å². The molecule has 1 heterocycles. The van der Waals surface area contributed by atoms with Gasteiger partial charge in [0, 0.05) is 5.56 Å². The summed E-state index contributed by atoms with van der Waals surface area (Å²) < 4.78 is 15.7. The third-order valence-electron chi connectivity index (χ3n) is 4.07. The van der Waals surface area contributed by atoms with Crippen LogP contribution in [0.2, 0.25) is 0 Å². The van der Waals surface area contributed by atoms with E-state index in [1.165, 1.54) is 18.2 Å². The maximum absolute atomic E-state index is 12.8. The van der Waals surface area contributed by atoms with Crippen LogP contribution >= 0.6 is 0 Å². The average molecular weight is 396 g/mol. The summed E-state index contributed by atoms with van der Waals surface area (Å²) in [5.74, 6) is -0.996. The zero-order chi connectivity index (χ0) is 20.8. The van der Waals surface area contributed by atoms with E-state index in [4.69, 9.17) is 14.2 Å². The van der Waals surface area contributed by atoms with E-state index in [0.29, 0.717) is 17.0 Å². The number of benzene rings is 2. The lowest BCUT2D eigenvalue weighted by molar-refractivity contribution is -0.145. The van der Waals surface area contributed by atoms with Gasteiger partial charge in [-0.1, -0.05) is 30.3 Å². The first-order chi connectivity index (χ1) is 14.0. The van der Waals surface area contributed by atoms with Gasteiger partial charge in [-0.05, 0) is 31.2 Å². The van der Waals surface area contributed by atoms with Crippen LogP contribution in [-0.2, 0) is 19.1 Å². The van der Waals surface area contributed by atoms with Gasteiger partial charge in [0.1, 0.15) is 5.57 Å². The van der Waals surface area contributed by atoms with E-state index in [-0.39, 0.29) is 24.5 Å². The summed E-state index contributed by atoms with van der Waals surface area (Å²) in [4.78, 5) is 36.8. The Morgan fingerprint density at radius 1 is 1.10 bits per heavy atom. The van der Waals surface area contributed by atoms with Crippen molar-refractivity contribution in [1.29, 1.82) is 0 Å². The Labute approximate surface area is 167 Å². The molecule has 2 amide bonds. The number of nitrogens with zero attached hydrogens (tertiary/aromatic N) is 1. The average Bonchev–Trinajstić information content (AvgIpc) is 3.01. The van der Waals surface area contributed by atoms with Crippen LogP contribution in [0.4, 0.5) is 5.69 Å². The van der Waals surface area contributed by atoms with Gasteiger partial charge in [-0.3, -0.25) is 15.0 Å². The Balaban J connectivity index is 1.92. The van der Waals surface area contributed by atoms with Crippen molar-refractivity contribution in [3.05, 3.63) is 59.7 Å². The quantitative estimate of drug-likeness (QED) is 0.438. The molecular weight excluding hydrogens is 376 g/mol. The second kappa shape index (κ2) is 8.92. The maximum atomic E-state index is 12.8. The summed E-state index contributed by atoms with van der Waals surface area (Å²) in [7, 11) is 1.45. The highest BCUT2D eigenvalue weighted by Crippen LogP contribution is 2.33. The van der Waals surface area contributed by atoms with Crippen LogP contribution < -0.4 is 19.9 Å². The molecule has 0 radical (unpaired) electrons. The number of hydrogen-bond acceptors (Lipinski definition) is 6. The Hall–Kier alpha value is -3.81. The van der Waals surface area contributed by atoms with Crippen LogP contribution in [0.3, 0.4) is 0 Å². The summed E-state index contributed by atoms with van der Waals surface area (Å²) in [5, 5.41) is 1.17. The molecule has 0 aliphatic carbocycles. The van der Waals surface area contributed by atoms with Gasteiger partial charge >= 0.3 is 5.97 Å². The summed E-state index contributed by atoms with van der Waals surface area (Å²) in [6.45, 7) is 1.59. The molecule has 8 heteroatoms. The standard InChI is InChI=1S/C21H20N2O6/c1-3-28-18(24)13-29-19-14(8-7-11-17(19)27-2)12-16-20(25)22-23(21(16)26)15-9-5-4-6-10-15/h4-12H,3,13H2,1-2H3,(H,22,25)/b16-12+. The Bertz CT molecular complexity index is 955. The SMILES string of the molecule is CCOC(=O)COc1c(/C=C2\C(=O)NN(c3ccccc3)C2=O)cccc1OC. The second-order valence-corrected chi connectivity index (χ2v) is 5.95. The highest BCUT2D eigenvalue weighted by atomic mass is 16.6. The number of rotatable bonds is 7. The van der Waals surface area contributed by atoms with Gasteiger partial charge in [0.15, 0.2) is 18.1 Å². The molecule has 2 aromatic carbocycles. The molecule has 150 valence electrons. The predicted molar refractivity (Wildman–Crippen MR) is 105 cm³/mol. The molecular formula is C21H20N2O6. The second-order valence-electron chi connectivity index (χ2n) is 5.95. The van der Waals surface area contributed by atoms with Gasteiger partial charge in [0.05, 0.1) is 19.4 Å². The minimum absolute atomic E-state index is 0.0666. The molecule has 8 nitrogen and oxygen atoms in total. The van der Waals surface area contributed by atoms with Gasteiger partial charge in [-0.25, -0.2) is 9.80 Å². The number of hydrazine groups is 1. The molecule has 2 aromatic rings. The fraction of sp³-hybridized carbons (Fsp3) is 0.190. The Morgan fingerprint density at radius 3 is 2.55 bits per heavy atom. The summed E-state index contributed by atoms with van der Waals surface area (Å²) in [5.41, 5.74) is 3.43. The number of carbonyl (C=O) groups excluding carboxylic acids is 3. The van der Waals surface area contributed by atoms with Gasteiger partial charge in [0.2, 0.25) is 0 Å². The van der Waals surface area contributed by atoms with Crippen molar-refractivity contribution >= 4 is 29.5 Å². The van der Waals surface area contributed by atoms with E-state index in [1.807, 2.05) is 6.07 Å². The van der Waals surface area contributed by atoms with E-state index >= 15 is 0 Å². The van der Waals surface area contributed by atoms with Gasteiger partial charge < -0.3 is 14.2 Å². The van der Waals surface area contributed by atoms with E-state index < -0.39 is 17.8 Å². The molecule has 1 aliphatic heterocycles. The van der Waals surface area contributed by atoms with E-state index in [1.54, 1.807) is 49.4 Å². The molecule has 0 bridgehead atoms. The minimum Gasteiger partial charge on any atom is -0.493 e. The minimum atomic E-state index is -0.544. The molecule has 1 fully saturated rings. The zero-order valence-corrected chi connectivity index (χ0v) is 16.0. The van der Waals surface area contributed by atoms with Gasteiger partial charge in [0.25, 0.3) is 11.8 Å². The van der Waals surface area contributed by atoms with Crippen LogP contribution in [-0.4, -0.2) is 38.1 Å². The Morgan fingerprint density at radius 2 is 1.86 bits per heavy atom. The van der Waals surface area contributed by atoms with Gasteiger partial charge in [-0.15, -0.1) is 0 Å². The van der Waals surface area contributed by atoms with Gasteiger partial charge in [-0.2, -0.15) is 0 Å². The number of amides is 2. The smallest absolute Gasteiger partial charge is 0.344 e. The summed E-state index contributed by atoms with van der Waals surface area (Å²) >= 11 is 0. The van der Waals surface area contributed by atoms with Crippen LogP contribution in [0, 0.1) is 0 Å². The third kappa shape index (κ3) is 4.37. The van der Waals surface area contributed by atoms with Crippen molar-refractivity contribution in [2.45, 2.75) is 6.92 Å². The first-order valence-electron chi connectivity index (χ1n) is 8.92. The molecule has 0 saturated carbocycles. The first-order valence-corrected chi connectivity index (χ1v) is 8.92. The molecule has 1 N–H and O–H groups in total. The number of hydrogen-bond donors (Lipinski definition) is 1. The number of para-hydroxylation sites is 2. The number of esters is 1. The van der Waals surface area contributed by atoms with Crippen LogP contribution in [0.25, 0.3) is 6.08 Å². The van der Waals surface area contributed by atoms with Crippen molar-refractivity contribution in [3.8, 4) is 11.5 Å². The Kier molecular flexibility index (Phi) is 6.13. The maximum Gasteiger partial charge on any atom is 0.344 e. The van der Waals surface area contributed by atoms with Crippen molar-refractivity contribution in [3.63, 3.8) is 0 Å². The lowest BCUT2D eigenvalue weighted by atomic mass is 10.1. The summed E-state index contributed by atoms with van der Waals surface area (Å²) in [6.07, 6.45) is 1.41. The molecule has 3 rings (SSSR count). The van der Waals surface area contributed by atoms with E-state index in [9.17, 15) is 14.4 Å². The van der Waals surface area contributed by atoms with Crippen molar-refractivity contribution in [1.82, 2.24) is 5.43 Å². The normalized spacial score (nSPS) is 14.7. The fourth-order valence-corrected chi connectivity index (χ4v) is 2.77. The third-order valence-corrected chi connectivity index (χ3v) is 4.07. The fourth-order valence-electron chi connectivity index (χ4n) is 2.77. The van der Waals surface area contributed by atoms with Crippen molar-refractivity contribution in [2.24, 2.45) is 0 Å². The molecule has 0 atom stereocenters. The van der Waals surface area contributed by atoms with E-state index in [0.717, 1.165) is 0 Å². The number of anilines is 1. The lowest BCUT2D eigenvalue weighted by Crippen LogP contribution is -2.35. The number of nitrogens with one attached hydrogen (secondary N) is 1. The van der Waals surface area contributed by atoms with Crippen molar-refractivity contribution in [2.75, 3.05) is 25.3 Å². The van der Waals surface area contributed by atoms with E-state index in [2.05, 4.69) is 5.43 Å². The predicted octanol–water partition coefficient (Wildman–Crippen LogP) is 2.10.